The maximum Gasteiger partial charge on any atom is 0.416 e. The van der Waals surface area contributed by atoms with Gasteiger partial charge in [-0.1, -0.05) is 44.2 Å². The summed E-state index contributed by atoms with van der Waals surface area (Å²) in [6.45, 7) is 5.59. The van der Waals surface area contributed by atoms with Crippen molar-refractivity contribution in [2.75, 3.05) is 13.1 Å². The van der Waals surface area contributed by atoms with Gasteiger partial charge in [0.25, 0.3) is 0 Å². The number of nitrogens with one attached hydrogen (secondary N) is 2. The van der Waals surface area contributed by atoms with Crippen LogP contribution in [0.1, 0.15) is 56.2 Å². The summed E-state index contributed by atoms with van der Waals surface area (Å²) in [7, 11) is -4.12. The Morgan fingerprint density at radius 1 is 1.05 bits per heavy atom. The number of nitrogens with zero attached hydrogens (tertiary/aromatic N) is 1. The van der Waals surface area contributed by atoms with Crippen LogP contribution in [0.4, 0.5) is 13.2 Å². The second-order valence-electron chi connectivity index (χ2n) is 9.57. The van der Waals surface area contributed by atoms with Gasteiger partial charge in [0.15, 0.2) is 0 Å². The summed E-state index contributed by atoms with van der Waals surface area (Å²) in [5, 5.41) is 5.57. The number of hydrogen-bond donors (Lipinski definition) is 2. The van der Waals surface area contributed by atoms with Gasteiger partial charge in [-0.15, -0.1) is 0 Å². The number of rotatable bonds is 8. The van der Waals surface area contributed by atoms with Crippen LogP contribution in [0.3, 0.4) is 0 Å². The van der Waals surface area contributed by atoms with Gasteiger partial charge in [-0.3, -0.25) is 9.59 Å². The lowest BCUT2D eigenvalue weighted by molar-refractivity contribution is -0.137. The predicted octanol–water partition coefficient (Wildman–Crippen LogP) is 3.85. The number of piperidine rings is 1. The maximum atomic E-state index is 13.0. The first-order valence-electron chi connectivity index (χ1n) is 12.1. The summed E-state index contributed by atoms with van der Waals surface area (Å²) in [4.78, 5) is 24.3. The highest BCUT2D eigenvalue weighted by molar-refractivity contribution is 7.89. The van der Waals surface area contributed by atoms with E-state index in [2.05, 4.69) is 24.5 Å². The van der Waals surface area contributed by atoms with Crippen molar-refractivity contribution < 1.29 is 31.2 Å². The summed E-state index contributed by atoms with van der Waals surface area (Å²) in [5.41, 5.74) is 1.02. The Labute approximate surface area is 215 Å². The van der Waals surface area contributed by atoms with E-state index in [1.54, 1.807) is 0 Å². The molecule has 1 aliphatic heterocycles. The van der Waals surface area contributed by atoms with Crippen LogP contribution in [0.15, 0.2) is 53.4 Å². The van der Waals surface area contributed by atoms with Gasteiger partial charge in [0.2, 0.25) is 21.8 Å². The van der Waals surface area contributed by atoms with E-state index in [0.29, 0.717) is 31.2 Å². The van der Waals surface area contributed by atoms with E-state index in [1.807, 2.05) is 24.3 Å². The third-order valence-corrected chi connectivity index (χ3v) is 8.27. The molecule has 202 valence electrons. The molecule has 11 heteroatoms. The van der Waals surface area contributed by atoms with Gasteiger partial charge in [0.1, 0.15) is 6.04 Å². The first-order chi connectivity index (χ1) is 17.3. The lowest BCUT2D eigenvalue weighted by Gasteiger charge is -2.32. The molecule has 0 radical (unpaired) electrons. The first kappa shape index (κ1) is 28.6. The quantitative estimate of drug-likeness (QED) is 0.533. The van der Waals surface area contributed by atoms with E-state index in [9.17, 15) is 31.2 Å². The number of benzene rings is 2. The van der Waals surface area contributed by atoms with Gasteiger partial charge in [-0.2, -0.15) is 17.5 Å². The summed E-state index contributed by atoms with van der Waals surface area (Å²) >= 11 is 0. The van der Waals surface area contributed by atoms with Crippen LogP contribution in [0.2, 0.25) is 0 Å². The zero-order valence-corrected chi connectivity index (χ0v) is 21.8. The molecule has 0 bridgehead atoms. The molecule has 0 spiro atoms. The lowest BCUT2D eigenvalue weighted by atomic mass is 9.98. The van der Waals surface area contributed by atoms with Crippen molar-refractivity contribution in [2.24, 2.45) is 0 Å². The van der Waals surface area contributed by atoms with Crippen molar-refractivity contribution in [3.05, 3.63) is 65.2 Å². The molecule has 37 heavy (non-hydrogen) atoms. The second kappa shape index (κ2) is 11.6. The molecule has 0 saturated carbocycles. The number of carbonyl (C=O) groups is 2. The number of hydrogen-bond acceptors (Lipinski definition) is 4. The van der Waals surface area contributed by atoms with Gasteiger partial charge < -0.3 is 10.6 Å². The highest BCUT2D eigenvalue weighted by Gasteiger charge is 2.35. The maximum absolute atomic E-state index is 13.0. The summed E-state index contributed by atoms with van der Waals surface area (Å²) < 4.78 is 66.0. The molecule has 3 rings (SSSR count). The van der Waals surface area contributed by atoms with Gasteiger partial charge >= 0.3 is 6.18 Å². The van der Waals surface area contributed by atoms with Gasteiger partial charge in [-0.25, -0.2) is 8.42 Å². The molecule has 2 N–H and O–H groups in total. The minimum atomic E-state index is -4.65. The van der Waals surface area contributed by atoms with Crippen molar-refractivity contribution in [1.29, 1.82) is 0 Å². The van der Waals surface area contributed by atoms with Crippen LogP contribution in [-0.4, -0.2) is 49.7 Å². The standard InChI is InChI=1S/C26H32F3N3O4S/c1-17(2)20-9-7-19(8-10-20)15-24(30-18(3)33)25(34)31-22-11-13-32(14-12-22)37(35,36)23-6-4-5-21(16-23)26(27,28)29/h4-10,16-17,22,24H,11-15H2,1-3H3,(H,30,33)(H,31,34)/t24-/m1/s1. The Bertz CT molecular complexity index is 1210. The Kier molecular flexibility index (Phi) is 9.01. The first-order valence-corrected chi connectivity index (χ1v) is 13.5. The molecule has 2 aromatic carbocycles. The molecule has 1 aliphatic rings. The van der Waals surface area contributed by atoms with Crippen LogP contribution in [0, 0.1) is 0 Å². The van der Waals surface area contributed by atoms with E-state index < -0.39 is 32.7 Å². The van der Waals surface area contributed by atoms with Gasteiger partial charge in [0, 0.05) is 32.5 Å². The average Bonchev–Trinajstić information content (AvgIpc) is 2.83. The Morgan fingerprint density at radius 2 is 1.68 bits per heavy atom. The van der Waals surface area contributed by atoms with Crippen LogP contribution in [-0.2, 0) is 32.2 Å². The monoisotopic (exact) mass is 539 g/mol. The molecule has 2 amide bonds. The minimum absolute atomic E-state index is 0.0466. The van der Waals surface area contributed by atoms with E-state index in [4.69, 9.17) is 0 Å². The molecular weight excluding hydrogens is 507 g/mol. The molecule has 7 nitrogen and oxygen atoms in total. The topological polar surface area (TPSA) is 95.6 Å². The normalized spacial score (nSPS) is 16.4. The zero-order valence-electron chi connectivity index (χ0n) is 21.0. The number of carbonyl (C=O) groups excluding carboxylic acids is 2. The number of halogens is 3. The second-order valence-corrected chi connectivity index (χ2v) is 11.5. The molecule has 1 atom stereocenters. The van der Waals surface area contributed by atoms with Crippen molar-refractivity contribution in [3.8, 4) is 0 Å². The summed E-state index contributed by atoms with van der Waals surface area (Å²) in [5.74, 6) is -0.352. The third-order valence-electron chi connectivity index (χ3n) is 6.38. The fourth-order valence-corrected chi connectivity index (χ4v) is 5.77. The zero-order chi connectivity index (χ0) is 27.4. The fraction of sp³-hybridized carbons (Fsp3) is 0.462. The smallest absolute Gasteiger partial charge is 0.351 e. The Hall–Kier alpha value is -2.92. The van der Waals surface area contributed by atoms with Crippen molar-refractivity contribution >= 4 is 21.8 Å². The predicted molar refractivity (Wildman–Crippen MR) is 133 cm³/mol. The molecule has 1 fully saturated rings. The van der Waals surface area contributed by atoms with Crippen molar-refractivity contribution in [2.45, 2.75) is 69.1 Å². The van der Waals surface area contributed by atoms with Crippen LogP contribution >= 0.6 is 0 Å². The van der Waals surface area contributed by atoms with Crippen molar-refractivity contribution in [3.63, 3.8) is 0 Å². The van der Waals surface area contributed by atoms with E-state index in [1.165, 1.54) is 6.92 Å². The fourth-order valence-electron chi connectivity index (χ4n) is 4.25. The Balaban J connectivity index is 1.62. The highest BCUT2D eigenvalue weighted by Crippen LogP contribution is 2.31. The average molecular weight is 540 g/mol. The SMILES string of the molecule is CC(=O)N[C@H](Cc1ccc(C(C)C)cc1)C(=O)NC1CCN(S(=O)(=O)c2cccc(C(F)(F)F)c2)CC1. The minimum Gasteiger partial charge on any atom is -0.351 e. The number of alkyl halides is 3. The lowest BCUT2D eigenvalue weighted by Crippen LogP contribution is -2.53. The van der Waals surface area contributed by atoms with E-state index >= 15 is 0 Å². The van der Waals surface area contributed by atoms with Crippen LogP contribution in [0.5, 0.6) is 0 Å². The van der Waals surface area contributed by atoms with E-state index in [0.717, 1.165) is 33.6 Å². The molecule has 0 unspecified atom stereocenters. The third kappa shape index (κ3) is 7.54. The molecule has 1 heterocycles. The number of sulfonamides is 1. The molecule has 0 aromatic heterocycles. The molecule has 2 aromatic rings. The highest BCUT2D eigenvalue weighted by atomic mass is 32.2. The summed E-state index contributed by atoms with van der Waals surface area (Å²) in [6, 6.07) is 10.4. The summed E-state index contributed by atoms with van der Waals surface area (Å²) in [6.07, 6.45) is -3.77. The van der Waals surface area contributed by atoms with Crippen molar-refractivity contribution in [1.82, 2.24) is 14.9 Å². The Morgan fingerprint density at radius 3 is 2.22 bits per heavy atom. The number of amides is 2. The van der Waals surface area contributed by atoms with Crippen LogP contribution < -0.4 is 10.6 Å². The largest absolute Gasteiger partial charge is 0.416 e. The molecular formula is C26H32F3N3O4S. The molecule has 1 saturated heterocycles. The molecule has 0 aliphatic carbocycles. The van der Waals surface area contributed by atoms with Gasteiger partial charge in [0.05, 0.1) is 10.5 Å². The van der Waals surface area contributed by atoms with E-state index in [-0.39, 0.29) is 30.9 Å². The van der Waals surface area contributed by atoms with Crippen LogP contribution in [0.25, 0.3) is 0 Å². The van der Waals surface area contributed by atoms with Gasteiger partial charge in [-0.05, 0) is 48.1 Å².